The molecule has 0 saturated carbocycles. The van der Waals surface area contributed by atoms with Gasteiger partial charge in [-0.25, -0.2) is 0 Å². The number of H-pyrrole nitrogens is 1. The molecule has 7 heteroatoms. The molecule has 0 saturated heterocycles. The lowest BCUT2D eigenvalue weighted by Gasteiger charge is -2.23. The molecule has 31 heavy (non-hydrogen) atoms. The van der Waals surface area contributed by atoms with Crippen molar-refractivity contribution in [1.82, 2.24) is 9.88 Å². The van der Waals surface area contributed by atoms with Crippen molar-refractivity contribution in [3.8, 4) is 5.75 Å². The van der Waals surface area contributed by atoms with E-state index in [1.54, 1.807) is 17.0 Å². The van der Waals surface area contributed by atoms with Crippen molar-refractivity contribution < 1.29 is 9.53 Å². The summed E-state index contributed by atoms with van der Waals surface area (Å²) in [6, 6.07) is 18.4. The third-order valence-corrected chi connectivity index (χ3v) is 6.13. The smallest absolute Gasteiger partial charge is 0.264 e. The van der Waals surface area contributed by atoms with Gasteiger partial charge in [0.25, 0.3) is 11.5 Å². The van der Waals surface area contributed by atoms with E-state index in [1.807, 2.05) is 60.8 Å². The first kappa shape index (κ1) is 21.2. The van der Waals surface area contributed by atoms with E-state index in [2.05, 4.69) is 4.98 Å². The lowest BCUT2D eigenvalue weighted by Crippen LogP contribution is -2.32. The molecular weight excluding hydrogens is 432 g/mol. The summed E-state index contributed by atoms with van der Waals surface area (Å²) in [4.78, 5) is 31.1. The number of carbonyl (C=O) groups excluding carboxylic acids is 1. The number of thiophene rings is 1. The molecule has 0 bridgehead atoms. The lowest BCUT2D eigenvalue weighted by molar-refractivity contribution is 0.0734. The average molecular weight is 453 g/mol. The number of fused-ring (bicyclic) bond motifs is 1. The van der Waals surface area contributed by atoms with Crippen LogP contribution in [-0.4, -0.2) is 22.4 Å². The van der Waals surface area contributed by atoms with Gasteiger partial charge in [-0.3, -0.25) is 9.59 Å². The number of hydrogen-bond donors (Lipinski definition) is 1. The van der Waals surface area contributed by atoms with Crippen LogP contribution >= 0.6 is 22.9 Å². The van der Waals surface area contributed by atoms with Crippen LogP contribution in [-0.2, 0) is 13.1 Å². The van der Waals surface area contributed by atoms with Gasteiger partial charge in [0.15, 0.2) is 0 Å². The van der Waals surface area contributed by atoms with E-state index in [0.29, 0.717) is 28.6 Å². The Morgan fingerprint density at radius 3 is 2.61 bits per heavy atom. The number of rotatable bonds is 7. The Morgan fingerprint density at radius 1 is 1.06 bits per heavy atom. The number of ether oxygens (including phenoxy) is 1. The Kier molecular flexibility index (Phi) is 6.39. The van der Waals surface area contributed by atoms with Gasteiger partial charge in [0, 0.05) is 28.0 Å². The summed E-state index contributed by atoms with van der Waals surface area (Å²) in [6.07, 6.45) is 0. The molecule has 0 atom stereocenters. The van der Waals surface area contributed by atoms with Gasteiger partial charge in [0.1, 0.15) is 5.75 Å². The molecule has 2 aromatic carbocycles. The van der Waals surface area contributed by atoms with E-state index in [1.165, 1.54) is 11.3 Å². The highest BCUT2D eigenvalue weighted by Crippen LogP contribution is 2.23. The second-order valence-electron chi connectivity index (χ2n) is 7.04. The Labute approximate surface area is 188 Å². The van der Waals surface area contributed by atoms with Crippen molar-refractivity contribution in [3.05, 3.63) is 97.4 Å². The lowest BCUT2D eigenvalue weighted by atomic mass is 10.1. The maximum absolute atomic E-state index is 13.2. The summed E-state index contributed by atoms with van der Waals surface area (Å²) in [6.45, 7) is 2.94. The molecule has 0 aliphatic carbocycles. The SMILES string of the molecule is CCOc1ccc2[nH]c(=O)c(CN(Cc3ccccc3Cl)C(=O)c3cccs3)cc2c1. The number of amides is 1. The zero-order valence-corrected chi connectivity index (χ0v) is 18.5. The first-order chi connectivity index (χ1) is 15.0. The van der Waals surface area contributed by atoms with Gasteiger partial charge in [-0.2, -0.15) is 0 Å². The Balaban J connectivity index is 1.71. The van der Waals surface area contributed by atoms with Crippen molar-refractivity contribution in [2.45, 2.75) is 20.0 Å². The fourth-order valence-electron chi connectivity index (χ4n) is 3.40. The van der Waals surface area contributed by atoms with Crippen molar-refractivity contribution in [3.63, 3.8) is 0 Å². The number of nitrogens with zero attached hydrogens (tertiary/aromatic N) is 1. The first-order valence-corrected chi connectivity index (χ1v) is 11.2. The standard InChI is InChI=1S/C24H21ClN2O3S/c1-2-30-19-9-10-21-17(13-19)12-18(23(28)26-21)15-27(24(29)22-8-5-11-31-22)14-16-6-3-4-7-20(16)25/h3-13H,2,14-15H2,1H3,(H,26,28). The summed E-state index contributed by atoms with van der Waals surface area (Å²) >= 11 is 7.71. The predicted octanol–water partition coefficient (Wildman–Crippen LogP) is 5.48. The van der Waals surface area contributed by atoms with E-state index < -0.39 is 0 Å². The normalized spacial score (nSPS) is 10.9. The highest BCUT2D eigenvalue weighted by Gasteiger charge is 2.20. The largest absolute Gasteiger partial charge is 0.494 e. The fourth-order valence-corrected chi connectivity index (χ4v) is 4.28. The third kappa shape index (κ3) is 4.81. The fraction of sp³-hybridized carbons (Fsp3) is 0.167. The predicted molar refractivity (Wildman–Crippen MR) is 125 cm³/mol. The zero-order valence-electron chi connectivity index (χ0n) is 16.9. The number of hydrogen-bond acceptors (Lipinski definition) is 4. The highest BCUT2D eigenvalue weighted by molar-refractivity contribution is 7.12. The Bertz CT molecular complexity index is 1270. The van der Waals surface area contributed by atoms with Gasteiger partial charge < -0.3 is 14.6 Å². The van der Waals surface area contributed by atoms with Crippen LogP contribution in [0.3, 0.4) is 0 Å². The van der Waals surface area contributed by atoms with Gasteiger partial charge in [-0.05, 0) is 54.3 Å². The minimum Gasteiger partial charge on any atom is -0.494 e. The van der Waals surface area contributed by atoms with Crippen LogP contribution in [0, 0.1) is 0 Å². The van der Waals surface area contributed by atoms with Gasteiger partial charge in [0.05, 0.1) is 18.0 Å². The molecule has 4 aromatic rings. The average Bonchev–Trinajstić information content (AvgIpc) is 3.30. The number of aromatic amines is 1. The van der Waals surface area contributed by atoms with Crippen LogP contribution in [0.2, 0.25) is 5.02 Å². The number of nitrogens with one attached hydrogen (secondary N) is 1. The molecular formula is C24H21ClN2O3S. The van der Waals surface area contributed by atoms with Crippen molar-refractivity contribution >= 4 is 39.7 Å². The monoisotopic (exact) mass is 452 g/mol. The number of carbonyl (C=O) groups is 1. The molecule has 0 aliphatic rings. The van der Waals surface area contributed by atoms with Gasteiger partial charge in [-0.1, -0.05) is 35.9 Å². The van der Waals surface area contributed by atoms with E-state index in [9.17, 15) is 9.59 Å². The molecule has 0 spiro atoms. The summed E-state index contributed by atoms with van der Waals surface area (Å²) in [5.74, 6) is 0.591. The van der Waals surface area contributed by atoms with Crippen LogP contribution in [0.15, 0.2) is 70.8 Å². The quantitative estimate of drug-likeness (QED) is 0.403. The van der Waals surface area contributed by atoms with E-state index >= 15 is 0 Å². The molecule has 2 heterocycles. The minimum absolute atomic E-state index is 0.141. The molecule has 1 amide bonds. The molecule has 0 fully saturated rings. The second kappa shape index (κ2) is 9.37. The van der Waals surface area contributed by atoms with Crippen LogP contribution in [0.25, 0.3) is 10.9 Å². The molecule has 0 radical (unpaired) electrons. The van der Waals surface area contributed by atoms with E-state index in [0.717, 1.165) is 22.2 Å². The summed E-state index contributed by atoms with van der Waals surface area (Å²) in [5.41, 5.74) is 1.82. The van der Waals surface area contributed by atoms with E-state index in [4.69, 9.17) is 16.3 Å². The van der Waals surface area contributed by atoms with Gasteiger partial charge >= 0.3 is 0 Å². The van der Waals surface area contributed by atoms with Crippen LogP contribution in [0.4, 0.5) is 0 Å². The molecule has 4 rings (SSSR count). The molecule has 0 aliphatic heterocycles. The summed E-state index contributed by atoms with van der Waals surface area (Å²) in [7, 11) is 0. The van der Waals surface area contributed by atoms with Crippen molar-refractivity contribution in [2.75, 3.05) is 6.61 Å². The van der Waals surface area contributed by atoms with Crippen LogP contribution < -0.4 is 10.3 Å². The van der Waals surface area contributed by atoms with Gasteiger partial charge in [-0.15, -0.1) is 11.3 Å². The molecule has 158 valence electrons. The van der Waals surface area contributed by atoms with Gasteiger partial charge in [0.2, 0.25) is 0 Å². The number of benzene rings is 2. The molecule has 2 aromatic heterocycles. The summed E-state index contributed by atoms with van der Waals surface area (Å²) in [5, 5.41) is 3.29. The molecule has 1 N–H and O–H groups in total. The van der Waals surface area contributed by atoms with Crippen molar-refractivity contribution in [2.24, 2.45) is 0 Å². The highest BCUT2D eigenvalue weighted by atomic mass is 35.5. The Hall–Kier alpha value is -3.09. The van der Waals surface area contributed by atoms with E-state index in [-0.39, 0.29) is 18.0 Å². The third-order valence-electron chi connectivity index (χ3n) is 4.90. The van der Waals surface area contributed by atoms with Crippen LogP contribution in [0.5, 0.6) is 5.75 Å². The maximum Gasteiger partial charge on any atom is 0.264 e. The van der Waals surface area contributed by atoms with Crippen molar-refractivity contribution in [1.29, 1.82) is 0 Å². The molecule has 0 unspecified atom stereocenters. The Morgan fingerprint density at radius 2 is 1.87 bits per heavy atom. The number of halogens is 1. The van der Waals surface area contributed by atoms with Crippen LogP contribution in [0.1, 0.15) is 27.7 Å². The minimum atomic E-state index is -0.222. The topological polar surface area (TPSA) is 62.4 Å². The first-order valence-electron chi connectivity index (χ1n) is 9.90. The summed E-state index contributed by atoms with van der Waals surface area (Å²) < 4.78 is 5.57. The number of aromatic nitrogens is 1. The second-order valence-corrected chi connectivity index (χ2v) is 8.39. The number of pyridine rings is 1. The molecule has 5 nitrogen and oxygen atoms in total. The zero-order chi connectivity index (χ0) is 21.8. The maximum atomic E-state index is 13.2.